The van der Waals surface area contributed by atoms with Gasteiger partial charge in [-0.05, 0) is 12.1 Å². The molecule has 0 aliphatic heterocycles. The summed E-state index contributed by atoms with van der Waals surface area (Å²) in [4.78, 5) is 8.72. The van der Waals surface area contributed by atoms with E-state index < -0.39 is 0 Å². The number of nitrogens with one attached hydrogen (secondary N) is 1. The minimum atomic E-state index is 0.833. The average Bonchev–Trinajstić information content (AvgIpc) is 2.45. The van der Waals surface area contributed by atoms with Crippen molar-refractivity contribution in [3.05, 3.63) is 53.9 Å². The zero-order valence-corrected chi connectivity index (χ0v) is 11.3. The van der Waals surface area contributed by atoms with E-state index in [9.17, 15) is 0 Å². The number of rotatable bonds is 6. The number of hydrogen-bond acceptors (Lipinski definition) is 4. The molecule has 0 atom stereocenters. The molecule has 0 aliphatic rings. The lowest BCUT2D eigenvalue weighted by Gasteiger charge is -2.03. The van der Waals surface area contributed by atoms with Gasteiger partial charge in [0.25, 0.3) is 0 Å². The van der Waals surface area contributed by atoms with Gasteiger partial charge in [0.1, 0.15) is 0 Å². The third kappa shape index (κ3) is 4.13. The van der Waals surface area contributed by atoms with Crippen LogP contribution in [0.25, 0.3) is 0 Å². The van der Waals surface area contributed by atoms with E-state index in [1.54, 1.807) is 11.8 Å². The molecule has 0 saturated carbocycles. The Labute approximate surface area is 112 Å². The summed E-state index contributed by atoms with van der Waals surface area (Å²) in [6, 6.07) is 10.4. The lowest BCUT2D eigenvalue weighted by Crippen LogP contribution is -2.12. The average molecular weight is 259 g/mol. The van der Waals surface area contributed by atoms with Gasteiger partial charge >= 0.3 is 0 Å². The molecule has 0 amide bonds. The molecule has 2 rings (SSSR count). The van der Waals surface area contributed by atoms with E-state index in [0.717, 1.165) is 29.6 Å². The van der Waals surface area contributed by atoms with E-state index in [-0.39, 0.29) is 0 Å². The molecule has 0 fully saturated rings. The zero-order chi connectivity index (χ0) is 12.6. The van der Waals surface area contributed by atoms with Crippen LogP contribution in [-0.4, -0.2) is 16.5 Å². The molecular formula is C14H17N3S. The molecule has 4 heteroatoms. The number of hydrogen-bond donors (Lipinski definition) is 1. The van der Waals surface area contributed by atoms with Gasteiger partial charge in [0.2, 0.25) is 0 Å². The first-order chi connectivity index (χ1) is 8.88. The van der Waals surface area contributed by atoms with Crippen LogP contribution in [0, 0.1) is 0 Å². The van der Waals surface area contributed by atoms with E-state index in [4.69, 9.17) is 0 Å². The highest BCUT2D eigenvalue weighted by Crippen LogP contribution is 2.18. The lowest BCUT2D eigenvalue weighted by atomic mass is 10.2. The predicted octanol–water partition coefficient (Wildman–Crippen LogP) is 2.88. The number of aromatic nitrogens is 2. The smallest absolute Gasteiger partial charge is 0.187 e. The molecule has 0 saturated heterocycles. The molecule has 3 nitrogen and oxygen atoms in total. The minimum absolute atomic E-state index is 0.833. The van der Waals surface area contributed by atoms with E-state index >= 15 is 0 Å². The van der Waals surface area contributed by atoms with Gasteiger partial charge in [-0.25, -0.2) is 9.97 Å². The Morgan fingerprint density at radius 1 is 1.06 bits per heavy atom. The van der Waals surface area contributed by atoms with E-state index in [0.29, 0.717) is 0 Å². The van der Waals surface area contributed by atoms with Gasteiger partial charge in [0, 0.05) is 30.3 Å². The molecule has 18 heavy (non-hydrogen) atoms. The predicted molar refractivity (Wildman–Crippen MR) is 75.4 cm³/mol. The van der Waals surface area contributed by atoms with Crippen molar-refractivity contribution in [1.29, 1.82) is 0 Å². The highest BCUT2D eigenvalue weighted by atomic mass is 32.2. The Hall–Kier alpha value is -1.39. The second kappa shape index (κ2) is 7.13. The van der Waals surface area contributed by atoms with Gasteiger partial charge in [0.05, 0.1) is 0 Å². The molecule has 0 aliphatic carbocycles. The number of thioether (sulfide) groups is 1. The van der Waals surface area contributed by atoms with Gasteiger partial charge in [-0.1, -0.05) is 49.0 Å². The molecule has 1 heterocycles. The van der Waals surface area contributed by atoms with Gasteiger partial charge in [-0.15, -0.1) is 0 Å². The van der Waals surface area contributed by atoms with Crippen molar-refractivity contribution in [2.75, 3.05) is 6.54 Å². The maximum atomic E-state index is 4.36. The highest BCUT2D eigenvalue weighted by molar-refractivity contribution is 7.98. The maximum Gasteiger partial charge on any atom is 0.187 e. The standard InChI is InChI=1S/C14H17N3S/c1-2-15-8-13-9-16-14(17-10-13)18-11-12-6-4-3-5-7-12/h3-7,9-10,15H,2,8,11H2,1H3. The molecule has 2 aromatic rings. The quantitative estimate of drug-likeness (QED) is 0.639. The second-order valence-electron chi connectivity index (χ2n) is 3.93. The van der Waals surface area contributed by atoms with Crippen molar-refractivity contribution in [3.8, 4) is 0 Å². The molecule has 0 radical (unpaired) electrons. The van der Waals surface area contributed by atoms with Crippen LogP contribution < -0.4 is 5.32 Å². The zero-order valence-electron chi connectivity index (χ0n) is 10.5. The fourth-order valence-electron chi connectivity index (χ4n) is 1.50. The summed E-state index contributed by atoms with van der Waals surface area (Å²) in [7, 11) is 0. The van der Waals surface area contributed by atoms with E-state index in [1.807, 2.05) is 18.5 Å². The van der Waals surface area contributed by atoms with Crippen molar-refractivity contribution in [3.63, 3.8) is 0 Å². The molecular weight excluding hydrogens is 242 g/mol. The van der Waals surface area contributed by atoms with Crippen molar-refractivity contribution in [1.82, 2.24) is 15.3 Å². The molecule has 0 spiro atoms. The summed E-state index contributed by atoms with van der Waals surface area (Å²) in [5, 5.41) is 4.09. The summed E-state index contributed by atoms with van der Waals surface area (Å²) >= 11 is 1.66. The molecule has 0 bridgehead atoms. The van der Waals surface area contributed by atoms with Gasteiger partial charge in [-0.2, -0.15) is 0 Å². The second-order valence-corrected chi connectivity index (χ2v) is 4.87. The third-order valence-electron chi connectivity index (χ3n) is 2.47. The fraction of sp³-hybridized carbons (Fsp3) is 0.286. The molecule has 94 valence electrons. The lowest BCUT2D eigenvalue weighted by molar-refractivity contribution is 0.716. The van der Waals surface area contributed by atoms with Crippen LogP contribution in [0.1, 0.15) is 18.1 Å². The summed E-state index contributed by atoms with van der Waals surface area (Å²) < 4.78 is 0. The van der Waals surface area contributed by atoms with Crippen LogP contribution in [-0.2, 0) is 12.3 Å². The Morgan fingerprint density at radius 2 is 1.78 bits per heavy atom. The Kier molecular flexibility index (Phi) is 5.17. The molecule has 1 aromatic heterocycles. The summed E-state index contributed by atoms with van der Waals surface area (Å²) in [5.74, 6) is 0.910. The molecule has 1 N–H and O–H groups in total. The first kappa shape index (κ1) is 13.1. The SMILES string of the molecule is CCNCc1cnc(SCc2ccccc2)nc1. The monoisotopic (exact) mass is 259 g/mol. The summed E-state index contributed by atoms with van der Waals surface area (Å²) in [5.41, 5.74) is 2.42. The van der Waals surface area contributed by atoms with Crippen LogP contribution in [0.4, 0.5) is 0 Å². The summed E-state index contributed by atoms with van der Waals surface area (Å²) in [6.45, 7) is 3.88. The first-order valence-corrected chi connectivity index (χ1v) is 7.05. The topological polar surface area (TPSA) is 37.8 Å². The number of benzene rings is 1. The van der Waals surface area contributed by atoms with Crippen molar-refractivity contribution in [2.45, 2.75) is 24.4 Å². The minimum Gasteiger partial charge on any atom is -0.313 e. The van der Waals surface area contributed by atoms with E-state index in [1.165, 1.54) is 5.56 Å². The Balaban J connectivity index is 1.86. The van der Waals surface area contributed by atoms with Gasteiger partial charge in [-0.3, -0.25) is 0 Å². The van der Waals surface area contributed by atoms with Crippen LogP contribution in [0.15, 0.2) is 47.9 Å². The maximum absolute atomic E-state index is 4.36. The van der Waals surface area contributed by atoms with Crippen molar-refractivity contribution < 1.29 is 0 Å². The number of nitrogens with zero attached hydrogens (tertiary/aromatic N) is 2. The molecule has 0 unspecified atom stereocenters. The normalized spacial score (nSPS) is 10.5. The van der Waals surface area contributed by atoms with Crippen LogP contribution in [0.5, 0.6) is 0 Å². The van der Waals surface area contributed by atoms with Crippen LogP contribution in [0.3, 0.4) is 0 Å². The first-order valence-electron chi connectivity index (χ1n) is 6.07. The Bertz CT molecular complexity index is 456. The van der Waals surface area contributed by atoms with E-state index in [2.05, 4.69) is 46.5 Å². The summed E-state index contributed by atoms with van der Waals surface area (Å²) in [6.07, 6.45) is 3.78. The van der Waals surface area contributed by atoms with Gasteiger partial charge < -0.3 is 5.32 Å². The van der Waals surface area contributed by atoms with Crippen LogP contribution in [0.2, 0.25) is 0 Å². The largest absolute Gasteiger partial charge is 0.313 e. The van der Waals surface area contributed by atoms with Gasteiger partial charge in [0.15, 0.2) is 5.16 Å². The molecule has 1 aromatic carbocycles. The van der Waals surface area contributed by atoms with Crippen molar-refractivity contribution in [2.24, 2.45) is 0 Å². The van der Waals surface area contributed by atoms with Crippen LogP contribution >= 0.6 is 11.8 Å². The van der Waals surface area contributed by atoms with Crippen molar-refractivity contribution >= 4 is 11.8 Å². The highest BCUT2D eigenvalue weighted by Gasteiger charge is 1.99. The third-order valence-corrected chi connectivity index (χ3v) is 3.42. The fourth-order valence-corrected chi connectivity index (χ4v) is 2.24. The Morgan fingerprint density at radius 3 is 2.44 bits per heavy atom.